The van der Waals surface area contributed by atoms with Crippen LogP contribution in [0.3, 0.4) is 0 Å². The lowest BCUT2D eigenvalue weighted by Gasteiger charge is -2.16. The number of nitrogens with two attached hydrogens (primary N) is 1. The van der Waals surface area contributed by atoms with Crippen LogP contribution in [0.5, 0.6) is 0 Å². The third-order valence-corrected chi connectivity index (χ3v) is 5.44. The summed E-state index contributed by atoms with van der Waals surface area (Å²) < 4.78 is 23.0. The summed E-state index contributed by atoms with van der Waals surface area (Å²) in [5, 5.41) is 7.87. The fourth-order valence-electron chi connectivity index (χ4n) is 1.57. The molecule has 1 aromatic rings. The van der Waals surface area contributed by atoms with E-state index in [-0.39, 0.29) is 22.6 Å². The molecule has 0 spiro atoms. The van der Waals surface area contributed by atoms with Crippen molar-refractivity contribution in [3.8, 4) is 0 Å². The third kappa shape index (κ3) is 5.91. The van der Waals surface area contributed by atoms with E-state index in [1.165, 1.54) is 23.9 Å². The Kier molecular flexibility index (Phi) is 6.79. The summed E-state index contributed by atoms with van der Waals surface area (Å²) in [4.78, 5) is 13.7. The van der Waals surface area contributed by atoms with Crippen molar-refractivity contribution in [2.75, 3.05) is 19.8 Å². The molecule has 1 amide bonds. The first-order valence-electron chi connectivity index (χ1n) is 6.37. The fraction of sp³-hybridized carbons (Fsp3) is 0.385. The molecule has 1 aromatic carbocycles. The number of carbonyl (C=O) groups is 1. The van der Waals surface area contributed by atoms with E-state index in [1.54, 1.807) is 17.0 Å². The largest absolute Gasteiger partial charge is 0.364 e. The van der Waals surface area contributed by atoms with Crippen LogP contribution in [0.1, 0.15) is 18.5 Å². The standard InChI is InChI=1S/C13H19N3O3S3/c1-9(15-12(17)8-21-13(20)16(2)3)10-4-6-11(7-5-10)22(14,18)19/h4-7,9H,8H2,1-3H3,(H,15,17)(H2,14,18,19)/t9-/m1/s1. The second kappa shape index (κ2) is 7.91. The Morgan fingerprint density at radius 1 is 1.36 bits per heavy atom. The van der Waals surface area contributed by atoms with Crippen LogP contribution in [0.2, 0.25) is 0 Å². The minimum atomic E-state index is -3.70. The number of thiocarbonyl (C=S) groups is 1. The lowest BCUT2D eigenvalue weighted by molar-refractivity contribution is -0.119. The highest BCUT2D eigenvalue weighted by Gasteiger charge is 2.13. The van der Waals surface area contributed by atoms with Gasteiger partial charge in [-0.1, -0.05) is 36.1 Å². The van der Waals surface area contributed by atoms with Gasteiger partial charge in [0.2, 0.25) is 15.9 Å². The van der Waals surface area contributed by atoms with Gasteiger partial charge in [-0.05, 0) is 24.6 Å². The summed E-state index contributed by atoms with van der Waals surface area (Å²) >= 11 is 6.38. The molecule has 0 unspecified atom stereocenters. The predicted molar refractivity (Wildman–Crippen MR) is 93.1 cm³/mol. The number of hydrogen-bond acceptors (Lipinski definition) is 5. The van der Waals surface area contributed by atoms with Crippen molar-refractivity contribution < 1.29 is 13.2 Å². The molecule has 0 heterocycles. The number of thioether (sulfide) groups is 1. The number of primary sulfonamides is 1. The van der Waals surface area contributed by atoms with E-state index in [1.807, 2.05) is 21.0 Å². The fourth-order valence-corrected chi connectivity index (χ4v) is 2.86. The van der Waals surface area contributed by atoms with E-state index < -0.39 is 10.0 Å². The molecule has 0 bridgehead atoms. The van der Waals surface area contributed by atoms with Gasteiger partial charge in [-0.25, -0.2) is 13.6 Å². The molecule has 0 fully saturated rings. The molecule has 0 aliphatic heterocycles. The maximum atomic E-state index is 11.9. The van der Waals surface area contributed by atoms with E-state index in [2.05, 4.69) is 5.32 Å². The number of nitrogens with one attached hydrogen (secondary N) is 1. The van der Waals surface area contributed by atoms with Gasteiger partial charge in [0.15, 0.2) is 0 Å². The minimum Gasteiger partial charge on any atom is -0.364 e. The van der Waals surface area contributed by atoms with Crippen LogP contribution in [0.15, 0.2) is 29.2 Å². The smallest absolute Gasteiger partial charge is 0.238 e. The summed E-state index contributed by atoms with van der Waals surface area (Å²) in [6.07, 6.45) is 0. The molecule has 0 radical (unpaired) electrons. The van der Waals surface area contributed by atoms with Gasteiger partial charge < -0.3 is 10.2 Å². The Bertz CT molecular complexity index is 642. The van der Waals surface area contributed by atoms with Crippen LogP contribution in [0.25, 0.3) is 0 Å². The van der Waals surface area contributed by atoms with Crippen molar-refractivity contribution in [1.82, 2.24) is 10.2 Å². The molecule has 22 heavy (non-hydrogen) atoms. The van der Waals surface area contributed by atoms with Gasteiger partial charge in [0.25, 0.3) is 0 Å². The Labute approximate surface area is 140 Å². The monoisotopic (exact) mass is 361 g/mol. The van der Waals surface area contributed by atoms with E-state index in [0.29, 0.717) is 4.32 Å². The van der Waals surface area contributed by atoms with Gasteiger partial charge in [0.1, 0.15) is 4.32 Å². The first kappa shape index (κ1) is 18.9. The molecule has 6 nitrogen and oxygen atoms in total. The van der Waals surface area contributed by atoms with Crippen LogP contribution in [-0.4, -0.2) is 43.4 Å². The molecule has 9 heteroatoms. The lowest BCUT2D eigenvalue weighted by atomic mass is 10.1. The van der Waals surface area contributed by atoms with Gasteiger partial charge in [-0.3, -0.25) is 4.79 Å². The van der Waals surface area contributed by atoms with Crippen molar-refractivity contribution in [1.29, 1.82) is 0 Å². The number of sulfonamides is 1. The number of hydrogen-bond donors (Lipinski definition) is 2. The van der Waals surface area contributed by atoms with E-state index >= 15 is 0 Å². The maximum Gasteiger partial charge on any atom is 0.238 e. The first-order valence-corrected chi connectivity index (χ1v) is 9.31. The van der Waals surface area contributed by atoms with Crippen molar-refractivity contribution in [3.63, 3.8) is 0 Å². The first-order chi connectivity index (χ1) is 10.1. The average Bonchev–Trinajstić information content (AvgIpc) is 2.43. The lowest BCUT2D eigenvalue weighted by Crippen LogP contribution is -2.29. The predicted octanol–water partition coefficient (Wildman–Crippen LogP) is 1.09. The Morgan fingerprint density at radius 2 is 1.91 bits per heavy atom. The van der Waals surface area contributed by atoms with Gasteiger partial charge >= 0.3 is 0 Å². The maximum absolute atomic E-state index is 11.9. The van der Waals surface area contributed by atoms with Crippen LogP contribution < -0.4 is 10.5 Å². The second-order valence-electron chi connectivity index (χ2n) is 4.85. The molecule has 0 aliphatic rings. The quantitative estimate of drug-likeness (QED) is 0.763. The second-order valence-corrected chi connectivity index (χ2v) is 8.02. The van der Waals surface area contributed by atoms with E-state index in [0.717, 1.165) is 5.56 Å². The van der Waals surface area contributed by atoms with Crippen molar-refractivity contribution in [2.24, 2.45) is 5.14 Å². The van der Waals surface area contributed by atoms with Crippen molar-refractivity contribution in [3.05, 3.63) is 29.8 Å². The number of carbonyl (C=O) groups excluding carboxylic acids is 1. The molecular weight excluding hydrogens is 342 g/mol. The molecule has 0 saturated carbocycles. The van der Waals surface area contributed by atoms with Crippen molar-refractivity contribution in [2.45, 2.75) is 17.9 Å². The van der Waals surface area contributed by atoms with Crippen LogP contribution >= 0.6 is 24.0 Å². The molecule has 0 aromatic heterocycles. The Hall–Kier alpha value is -1.16. The normalized spacial score (nSPS) is 12.5. The summed E-state index contributed by atoms with van der Waals surface area (Å²) in [5.74, 6) is 0.0913. The zero-order valence-corrected chi connectivity index (χ0v) is 15.0. The molecule has 1 atom stereocenters. The molecule has 0 aliphatic carbocycles. The van der Waals surface area contributed by atoms with Gasteiger partial charge in [0, 0.05) is 14.1 Å². The number of amides is 1. The molecule has 122 valence electrons. The van der Waals surface area contributed by atoms with Gasteiger partial charge in [0.05, 0.1) is 16.7 Å². The Balaban J connectivity index is 2.60. The number of rotatable bonds is 5. The SMILES string of the molecule is C[C@@H](NC(=O)CSC(=S)N(C)C)c1ccc(S(N)(=O)=O)cc1. The van der Waals surface area contributed by atoms with Crippen molar-refractivity contribution >= 4 is 44.2 Å². The number of nitrogens with zero attached hydrogens (tertiary/aromatic N) is 1. The summed E-state index contributed by atoms with van der Waals surface area (Å²) in [6.45, 7) is 1.82. The highest BCUT2D eigenvalue weighted by atomic mass is 32.2. The van der Waals surface area contributed by atoms with Gasteiger partial charge in [-0.15, -0.1) is 0 Å². The highest BCUT2D eigenvalue weighted by Crippen LogP contribution is 2.16. The summed E-state index contributed by atoms with van der Waals surface area (Å²) in [7, 11) is -0.0596. The minimum absolute atomic E-state index is 0.0432. The molecule has 1 rings (SSSR count). The Morgan fingerprint density at radius 3 is 2.36 bits per heavy atom. The highest BCUT2D eigenvalue weighted by molar-refractivity contribution is 8.23. The average molecular weight is 362 g/mol. The number of benzene rings is 1. The van der Waals surface area contributed by atoms with Gasteiger partial charge in [-0.2, -0.15) is 0 Å². The summed E-state index contributed by atoms with van der Waals surface area (Å²) in [6, 6.07) is 5.85. The zero-order valence-electron chi connectivity index (χ0n) is 12.6. The molecule has 3 N–H and O–H groups in total. The third-order valence-electron chi connectivity index (χ3n) is 2.78. The molecular formula is C13H19N3O3S3. The van der Waals surface area contributed by atoms with Crippen LogP contribution in [0.4, 0.5) is 0 Å². The van der Waals surface area contributed by atoms with E-state index in [4.69, 9.17) is 17.4 Å². The topological polar surface area (TPSA) is 92.5 Å². The zero-order chi connectivity index (χ0) is 16.9. The van der Waals surface area contributed by atoms with Crippen LogP contribution in [0, 0.1) is 0 Å². The summed E-state index contributed by atoms with van der Waals surface area (Å²) in [5.41, 5.74) is 0.793. The molecule has 0 saturated heterocycles. The van der Waals surface area contributed by atoms with E-state index in [9.17, 15) is 13.2 Å². The van der Waals surface area contributed by atoms with Crippen LogP contribution in [-0.2, 0) is 14.8 Å².